The Labute approximate surface area is 153 Å². The number of nitrogens with two attached hydrogens (primary N) is 1. The summed E-state index contributed by atoms with van der Waals surface area (Å²) in [4.78, 5) is 34.1. The van der Waals surface area contributed by atoms with Crippen LogP contribution in [0.4, 0.5) is 11.5 Å². The lowest BCUT2D eigenvalue weighted by molar-refractivity contribution is -0.119. The maximum absolute atomic E-state index is 12.4. The Morgan fingerprint density at radius 3 is 2.63 bits per heavy atom. The van der Waals surface area contributed by atoms with Gasteiger partial charge >= 0.3 is 5.97 Å². The number of carbonyl (C=O) groups is 2. The topological polar surface area (TPSA) is 135 Å². The number of aromatic nitrogens is 2. The number of carboxylic acids is 1. The lowest BCUT2D eigenvalue weighted by atomic mass is 10.0. The number of primary amides is 1. The van der Waals surface area contributed by atoms with Crippen LogP contribution in [0.3, 0.4) is 0 Å². The predicted molar refractivity (Wildman–Crippen MR) is 94.9 cm³/mol. The maximum atomic E-state index is 12.4. The smallest absolute Gasteiger partial charge is 0.338 e. The van der Waals surface area contributed by atoms with Crippen molar-refractivity contribution in [2.45, 2.75) is 12.2 Å². The molecule has 1 aliphatic rings. The molecule has 0 aromatic carbocycles. The van der Waals surface area contributed by atoms with Crippen LogP contribution in [-0.4, -0.2) is 27.0 Å². The summed E-state index contributed by atoms with van der Waals surface area (Å²) < 4.78 is 5.17. The van der Waals surface area contributed by atoms with Crippen molar-refractivity contribution in [3.8, 4) is 0 Å². The van der Waals surface area contributed by atoms with E-state index < -0.39 is 24.1 Å². The van der Waals surface area contributed by atoms with Gasteiger partial charge in [-0.1, -0.05) is 0 Å². The molecule has 0 saturated heterocycles. The molecule has 0 fully saturated rings. The normalized spacial score (nSPS) is 16.4. The number of carbonyl (C=O) groups excluding carboxylic acids is 1. The van der Waals surface area contributed by atoms with E-state index in [1.807, 2.05) is 0 Å². The fourth-order valence-corrected chi connectivity index (χ4v) is 3.28. The van der Waals surface area contributed by atoms with Gasteiger partial charge in [0.05, 0.1) is 23.8 Å². The quantitative estimate of drug-likeness (QED) is 0.624. The number of amides is 1. The lowest BCUT2D eigenvalue weighted by Crippen LogP contribution is -2.40. The van der Waals surface area contributed by atoms with Gasteiger partial charge in [0, 0.05) is 24.2 Å². The molecular weight excluding hydrogens is 350 g/mol. The largest absolute Gasteiger partial charge is 0.478 e. The van der Waals surface area contributed by atoms with Crippen LogP contribution in [0.1, 0.15) is 33.7 Å². The molecule has 27 heavy (non-hydrogen) atoms. The molecule has 9 heteroatoms. The molecule has 4 N–H and O–H groups in total. The molecule has 1 aliphatic heterocycles. The number of nitrogens with zero attached hydrogens (tertiary/aromatic N) is 3. The molecule has 136 valence electrons. The zero-order chi connectivity index (χ0) is 19.0. The second-order valence-electron chi connectivity index (χ2n) is 5.96. The first-order chi connectivity index (χ1) is 13.1. The van der Waals surface area contributed by atoms with Crippen molar-refractivity contribution < 1.29 is 19.1 Å². The number of carboxylic acid groups (broad SMARTS) is 1. The van der Waals surface area contributed by atoms with Gasteiger partial charge in [0.15, 0.2) is 5.82 Å². The Kier molecular flexibility index (Phi) is 3.96. The van der Waals surface area contributed by atoms with Crippen LogP contribution in [0.25, 0.3) is 0 Å². The number of hydrogen-bond acceptors (Lipinski definition) is 7. The zero-order valence-electron chi connectivity index (χ0n) is 13.9. The molecule has 4 rings (SSSR count). The number of rotatable bonds is 5. The van der Waals surface area contributed by atoms with Crippen molar-refractivity contribution in [3.05, 3.63) is 72.1 Å². The zero-order valence-corrected chi connectivity index (χ0v) is 13.9. The van der Waals surface area contributed by atoms with Gasteiger partial charge in [0.2, 0.25) is 5.91 Å². The molecule has 4 heterocycles. The fourth-order valence-electron chi connectivity index (χ4n) is 3.28. The molecule has 3 aromatic heterocycles. The van der Waals surface area contributed by atoms with Crippen molar-refractivity contribution in [1.82, 2.24) is 9.97 Å². The highest BCUT2D eigenvalue weighted by molar-refractivity contribution is 6.00. The van der Waals surface area contributed by atoms with E-state index in [2.05, 4.69) is 15.3 Å². The molecule has 1 amide bonds. The third-order valence-electron chi connectivity index (χ3n) is 4.39. The van der Waals surface area contributed by atoms with E-state index >= 15 is 0 Å². The van der Waals surface area contributed by atoms with Crippen LogP contribution in [0, 0.1) is 0 Å². The minimum Gasteiger partial charge on any atom is -0.478 e. The molecule has 9 nitrogen and oxygen atoms in total. The summed E-state index contributed by atoms with van der Waals surface area (Å²) in [7, 11) is 0. The summed E-state index contributed by atoms with van der Waals surface area (Å²) in [5.74, 6) is -1.42. The first-order valence-corrected chi connectivity index (χ1v) is 8.06. The van der Waals surface area contributed by atoms with Crippen LogP contribution in [-0.2, 0) is 4.79 Å². The Bertz CT molecular complexity index is 990. The maximum Gasteiger partial charge on any atom is 0.338 e. The molecule has 3 aromatic rings. The van der Waals surface area contributed by atoms with Crippen LogP contribution >= 0.6 is 0 Å². The molecule has 2 atom stereocenters. The summed E-state index contributed by atoms with van der Waals surface area (Å²) in [6.45, 7) is 0. The third-order valence-corrected chi connectivity index (χ3v) is 4.39. The van der Waals surface area contributed by atoms with Gasteiger partial charge in [-0.05, 0) is 29.8 Å². The Balaban J connectivity index is 1.94. The molecule has 2 unspecified atom stereocenters. The Hall–Kier alpha value is -3.88. The van der Waals surface area contributed by atoms with Crippen LogP contribution in [0.5, 0.6) is 0 Å². The van der Waals surface area contributed by atoms with Gasteiger partial charge in [-0.3, -0.25) is 9.78 Å². The second-order valence-corrected chi connectivity index (χ2v) is 5.96. The van der Waals surface area contributed by atoms with Crippen LogP contribution < -0.4 is 16.0 Å². The second kappa shape index (κ2) is 6.45. The van der Waals surface area contributed by atoms with E-state index in [-0.39, 0.29) is 11.3 Å². The van der Waals surface area contributed by atoms with E-state index in [1.165, 1.54) is 24.8 Å². The number of aromatic carboxylic acids is 1. The van der Waals surface area contributed by atoms with Crippen molar-refractivity contribution in [2.75, 3.05) is 10.2 Å². The standard InChI is InChI=1S/C18H15N5O4/c19-15(24)13(10-1-5-20-6-2-10)23-14-12(18(25)26)3-7-21-16(14)22-17(23)11-4-8-27-9-11/h1-9,13,17H,(H2,19,24)(H,21,22)(H,25,26). The molecule has 0 aliphatic carbocycles. The molecule has 0 radical (unpaired) electrons. The molecule has 0 bridgehead atoms. The van der Waals surface area contributed by atoms with E-state index in [0.29, 0.717) is 16.9 Å². The molecule has 0 spiro atoms. The van der Waals surface area contributed by atoms with Gasteiger partial charge in [-0.25, -0.2) is 9.78 Å². The van der Waals surface area contributed by atoms with Crippen LogP contribution in [0.2, 0.25) is 0 Å². The SMILES string of the molecule is NC(=O)C(c1ccncc1)N1c2c(C(=O)O)ccnc2NC1c1ccoc1. The summed E-state index contributed by atoms with van der Waals surface area (Å²) in [6, 6.07) is 5.50. The van der Waals surface area contributed by atoms with E-state index in [1.54, 1.807) is 35.5 Å². The molecular formula is C18H15N5O4. The first kappa shape index (κ1) is 16.6. The number of fused-ring (bicyclic) bond motifs is 1. The van der Waals surface area contributed by atoms with Crippen molar-refractivity contribution in [2.24, 2.45) is 5.73 Å². The fraction of sp³-hybridized carbons (Fsp3) is 0.111. The number of furan rings is 1. The van der Waals surface area contributed by atoms with Gasteiger partial charge in [-0.15, -0.1) is 0 Å². The van der Waals surface area contributed by atoms with Gasteiger partial charge < -0.3 is 25.5 Å². The third kappa shape index (κ3) is 2.74. The average Bonchev–Trinajstić information content (AvgIpc) is 3.30. The summed E-state index contributed by atoms with van der Waals surface area (Å²) >= 11 is 0. The number of hydrogen-bond donors (Lipinski definition) is 3. The minimum atomic E-state index is -1.13. The summed E-state index contributed by atoms with van der Waals surface area (Å²) in [6.07, 6.45) is 6.92. The van der Waals surface area contributed by atoms with Crippen molar-refractivity contribution >= 4 is 23.4 Å². The highest BCUT2D eigenvalue weighted by Crippen LogP contribution is 2.46. The summed E-state index contributed by atoms with van der Waals surface area (Å²) in [5.41, 5.74) is 7.31. The first-order valence-electron chi connectivity index (χ1n) is 8.06. The Morgan fingerprint density at radius 1 is 1.22 bits per heavy atom. The number of nitrogens with one attached hydrogen (secondary N) is 1. The molecule has 0 saturated carbocycles. The highest BCUT2D eigenvalue weighted by atomic mass is 16.4. The average molecular weight is 365 g/mol. The highest BCUT2D eigenvalue weighted by Gasteiger charge is 2.42. The monoisotopic (exact) mass is 365 g/mol. The van der Waals surface area contributed by atoms with E-state index in [4.69, 9.17) is 10.2 Å². The predicted octanol–water partition coefficient (Wildman–Crippen LogP) is 1.93. The van der Waals surface area contributed by atoms with Gasteiger partial charge in [-0.2, -0.15) is 0 Å². The van der Waals surface area contributed by atoms with Crippen LogP contribution in [0.15, 0.2) is 59.8 Å². The van der Waals surface area contributed by atoms with Gasteiger partial charge in [0.1, 0.15) is 12.2 Å². The van der Waals surface area contributed by atoms with Gasteiger partial charge in [0.25, 0.3) is 0 Å². The minimum absolute atomic E-state index is 0.0128. The van der Waals surface area contributed by atoms with E-state index in [0.717, 1.165) is 0 Å². The number of pyridine rings is 2. The lowest BCUT2D eigenvalue weighted by Gasteiger charge is -2.33. The number of anilines is 2. The van der Waals surface area contributed by atoms with E-state index in [9.17, 15) is 14.7 Å². The van der Waals surface area contributed by atoms with Crippen molar-refractivity contribution in [3.63, 3.8) is 0 Å². The Morgan fingerprint density at radius 2 is 2.00 bits per heavy atom. The van der Waals surface area contributed by atoms with Crippen molar-refractivity contribution in [1.29, 1.82) is 0 Å². The summed E-state index contributed by atoms with van der Waals surface area (Å²) in [5, 5.41) is 12.8.